The lowest BCUT2D eigenvalue weighted by molar-refractivity contribution is -0.132. The van der Waals surface area contributed by atoms with Crippen LogP contribution in [0.2, 0.25) is 0 Å². The van der Waals surface area contributed by atoms with Crippen molar-refractivity contribution in [1.29, 1.82) is 0 Å². The topological polar surface area (TPSA) is 57.7 Å². The van der Waals surface area contributed by atoms with Gasteiger partial charge >= 0.3 is 0 Å². The second-order valence-electron chi connectivity index (χ2n) is 6.77. The maximum absolute atomic E-state index is 12.8. The van der Waals surface area contributed by atoms with Crippen molar-refractivity contribution in [2.24, 2.45) is 0 Å². The first kappa shape index (κ1) is 19.6. The fourth-order valence-electron chi connectivity index (χ4n) is 3.28. The number of aryl methyl sites for hydroxylation is 2. The van der Waals surface area contributed by atoms with Crippen LogP contribution in [0.4, 0.5) is 0 Å². The van der Waals surface area contributed by atoms with E-state index in [9.17, 15) is 13.2 Å². The highest BCUT2D eigenvalue weighted by Gasteiger charge is 2.29. The third kappa shape index (κ3) is 4.76. The van der Waals surface area contributed by atoms with Gasteiger partial charge in [0.15, 0.2) is 0 Å². The van der Waals surface area contributed by atoms with Gasteiger partial charge in [0.25, 0.3) is 0 Å². The lowest BCUT2D eigenvalue weighted by Gasteiger charge is -2.34. The highest BCUT2D eigenvalue weighted by molar-refractivity contribution is 7.89. The minimum absolute atomic E-state index is 0.0863. The summed E-state index contributed by atoms with van der Waals surface area (Å²) in [7, 11) is -3.50. The predicted molar refractivity (Wildman–Crippen MR) is 106 cm³/mol. The number of hydrogen-bond donors (Lipinski definition) is 0. The Morgan fingerprint density at radius 3 is 2.11 bits per heavy atom. The van der Waals surface area contributed by atoms with Gasteiger partial charge in [0.05, 0.1) is 4.90 Å². The molecule has 1 amide bonds. The number of nitrogens with zero attached hydrogens (tertiary/aromatic N) is 2. The first-order chi connectivity index (χ1) is 13.0. The molecule has 0 unspecified atom stereocenters. The van der Waals surface area contributed by atoms with E-state index in [1.807, 2.05) is 49.4 Å². The molecule has 1 heterocycles. The van der Waals surface area contributed by atoms with Crippen LogP contribution in [0.5, 0.6) is 0 Å². The molecule has 0 N–H and O–H groups in total. The predicted octanol–water partition coefficient (Wildman–Crippen LogP) is 2.71. The highest BCUT2D eigenvalue weighted by atomic mass is 32.2. The number of benzene rings is 2. The molecule has 0 aliphatic carbocycles. The van der Waals surface area contributed by atoms with Crippen LogP contribution < -0.4 is 0 Å². The van der Waals surface area contributed by atoms with E-state index < -0.39 is 10.0 Å². The summed E-state index contributed by atoms with van der Waals surface area (Å²) in [5.41, 5.74) is 2.25. The lowest BCUT2D eigenvalue weighted by atomic mass is 10.1. The van der Waals surface area contributed by atoms with E-state index >= 15 is 0 Å². The normalized spacial score (nSPS) is 15.7. The summed E-state index contributed by atoms with van der Waals surface area (Å²) >= 11 is 0. The number of rotatable bonds is 6. The third-order valence-corrected chi connectivity index (χ3v) is 6.94. The van der Waals surface area contributed by atoms with Gasteiger partial charge in [-0.1, -0.05) is 49.4 Å². The molecule has 0 saturated carbocycles. The first-order valence-corrected chi connectivity index (χ1v) is 10.9. The molecule has 5 nitrogen and oxygen atoms in total. The summed E-state index contributed by atoms with van der Waals surface area (Å²) in [6.07, 6.45) is 2.04. The average molecular weight is 387 g/mol. The molecule has 2 aromatic carbocycles. The number of carbonyl (C=O) groups excluding carboxylic acids is 1. The fraction of sp³-hybridized carbons (Fsp3) is 0.381. The number of hydrogen-bond acceptors (Lipinski definition) is 3. The molecule has 0 atom stereocenters. The molecule has 0 aromatic heterocycles. The van der Waals surface area contributed by atoms with Gasteiger partial charge in [-0.2, -0.15) is 4.31 Å². The minimum atomic E-state index is -3.50. The maximum Gasteiger partial charge on any atom is 0.243 e. The van der Waals surface area contributed by atoms with E-state index in [1.165, 1.54) is 4.31 Å². The molecular weight excluding hydrogens is 360 g/mol. The Hall–Kier alpha value is -2.18. The largest absolute Gasteiger partial charge is 0.340 e. The number of amides is 1. The monoisotopic (exact) mass is 386 g/mol. The van der Waals surface area contributed by atoms with Crippen molar-refractivity contribution in [3.63, 3.8) is 0 Å². The molecule has 6 heteroatoms. The first-order valence-electron chi connectivity index (χ1n) is 9.41. The summed E-state index contributed by atoms with van der Waals surface area (Å²) in [6, 6.07) is 17.0. The quantitative estimate of drug-likeness (QED) is 0.767. The van der Waals surface area contributed by atoms with Gasteiger partial charge in [-0.15, -0.1) is 0 Å². The highest BCUT2D eigenvalue weighted by Crippen LogP contribution is 2.19. The third-order valence-electron chi connectivity index (χ3n) is 5.03. The van der Waals surface area contributed by atoms with Gasteiger partial charge in [0.1, 0.15) is 0 Å². The fourth-order valence-corrected chi connectivity index (χ4v) is 4.70. The van der Waals surface area contributed by atoms with E-state index in [0.717, 1.165) is 17.5 Å². The van der Waals surface area contributed by atoms with Crippen LogP contribution in [0.25, 0.3) is 0 Å². The van der Waals surface area contributed by atoms with E-state index in [4.69, 9.17) is 0 Å². The minimum Gasteiger partial charge on any atom is -0.340 e. The van der Waals surface area contributed by atoms with E-state index in [2.05, 4.69) is 0 Å². The molecule has 0 spiro atoms. The van der Waals surface area contributed by atoms with Crippen molar-refractivity contribution in [2.75, 3.05) is 26.2 Å². The molecular formula is C21H26N2O3S. The van der Waals surface area contributed by atoms with Crippen molar-refractivity contribution in [1.82, 2.24) is 9.21 Å². The lowest BCUT2D eigenvalue weighted by Crippen LogP contribution is -2.50. The second kappa shape index (κ2) is 8.67. The van der Waals surface area contributed by atoms with Crippen LogP contribution in [0, 0.1) is 0 Å². The Morgan fingerprint density at radius 1 is 0.889 bits per heavy atom. The van der Waals surface area contributed by atoms with Gasteiger partial charge in [-0.3, -0.25) is 4.79 Å². The zero-order valence-corrected chi connectivity index (χ0v) is 16.5. The molecule has 144 valence electrons. The van der Waals surface area contributed by atoms with Crippen molar-refractivity contribution >= 4 is 15.9 Å². The van der Waals surface area contributed by atoms with E-state index in [-0.39, 0.29) is 5.91 Å². The summed E-state index contributed by atoms with van der Waals surface area (Å²) in [6.45, 7) is 3.61. The smallest absolute Gasteiger partial charge is 0.243 e. The summed E-state index contributed by atoms with van der Waals surface area (Å²) < 4.78 is 27.1. The molecule has 1 aliphatic heterocycles. The molecule has 0 bridgehead atoms. The average Bonchev–Trinajstić information content (AvgIpc) is 2.73. The van der Waals surface area contributed by atoms with Gasteiger partial charge in [0.2, 0.25) is 15.9 Å². The molecule has 1 fully saturated rings. The summed E-state index contributed by atoms with van der Waals surface area (Å²) in [5.74, 6) is 0.0863. The summed E-state index contributed by atoms with van der Waals surface area (Å²) in [4.78, 5) is 14.5. The maximum atomic E-state index is 12.8. The van der Waals surface area contributed by atoms with Crippen LogP contribution in [0.1, 0.15) is 24.5 Å². The Labute approximate surface area is 161 Å². The number of piperazine rings is 1. The van der Waals surface area contributed by atoms with E-state index in [1.54, 1.807) is 17.0 Å². The second-order valence-corrected chi connectivity index (χ2v) is 8.71. The summed E-state index contributed by atoms with van der Waals surface area (Å²) in [5, 5.41) is 0. The zero-order chi connectivity index (χ0) is 19.3. The van der Waals surface area contributed by atoms with Crippen molar-refractivity contribution in [3.8, 4) is 0 Å². The molecule has 27 heavy (non-hydrogen) atoms. The zero-order valence-electron chi connectivity index (χ0n) is 15.7. The molecule has 0 radical (unpaired) electrons. The van der Waals surface area contributed by atoms with Gasteiger partial charge in [-0.25, -0.2) is 8.42 Å². The van der Waals surface area contributed by atoms with Crippen LogP contribution in [0.3, 0.4) is 0 Å². The van der Waals surface area contributed by atoms with Crippen LogP contribution >= 0.6 is 0 Å². The standard InChI is InChI=1S/C21H26N2O3S/c1-2-18-8-11-20(12-9-18)27(25,26)23-16-14-22(15-17-23)21(24)13-10-19-6-4-3-5-7-19/h3-9,11-12H,2,10,13-17H2,1H3. The Bertz CT molecular complexity index is 856. The Morgan fingerprint density at radius 2 is 1.52 bits per heavy atom. The number of sulfonamides is 1. The molecule has 3 rings (SSSR count). The van der Waals surface area contributed by atoms with Gasteiger partial charge in [-0.05, 0) is 36.1 Å². The van der Waals surface area contributed by atoms with Crippen molar-refractivity contribution < 1.29 is 13.2 Å². The van der Waals surface area contributed by atoms with Crippen molar-refractivity contribution in [3.05, 3.63) is 65.7 Å². The SMILES string of the molecule is CCc1ccc(S(=O)(=O)N2CCN(C(=O)CCc3ccccc3)CC2)cc1. The number of carbonyl (C=O) groups is 1. The van der Waals surface area contributed by atoms with Crippen LogP contribution in [0.15, 0.2) is 59.5 Å². The Balaban J connectivity index is 1.55. The van der Waals surface area contributed by atoms with Crippen LogP contribution in [-0.4, -0.2) is 49.7 Å². The Kier molecular flexibility index (Phi) is 6.29. The van der Waals surface area contributed by atoms with Crippen molar-refractivity contribution in [2.45, 2.75) is 31.1 Å². The molecule has 2 aromatic rings. The van der Waals surface area contributed by atoms with Gasteiger partial charge < -0.3 is 4.90 Å². The molecule has 1 saturated heterocycles. The van der Waals surface area contributed by atoms with Gasteiger partial charge in [0, 0.05) is 32.6 Å². The van der Waals surface area contributed by atoms with E-state index in [0.29, 0.717) is 43.9 Å². The molecule has 1 aliphatic rings. The van der Waals surface area contributed by atoms with Crippen LogP contribution in [-0.2, 0) is 27.7 Å².